The quantitative estimate of drug-likeness (QED) is 0.586. The molecule has 0 bridgehead atoms. The summed E-state index contributed by atoms with van der Waals surface area (Å²) in [6.07, 6.45) is 6.56. The van der Waals surface area contributed by atoms with Crippen molar-refractivity contribution in [3.8, 4) is 5.75 Å². The second-order valence-electron chi connectivity index (χ2n) is 9.65. The first kappa shape index (κ1) is 19.0. The first-order valence-electron chi connectivity index (χ1n) is 9.99. The minimum absolute atomic E-state index is 0.278. The van der Waals surface area contributed by atoms with Crippen LogP contribution in [0.15, 0.2) is 18.2 Å². The number of hydrogen-bond donors (Lipinski definition) is 0. The molecule has 0 aliphatic heterocycles. The lowest BCUT2D eigenvalue weighted by Gasteiger charge is -2.48. The van der Waals surface area contributed by atoms with Gasteiger partial charge in [0.1, 0.15) is 5.75 Å². The monoisotopic (exact) mass is 360 g/mol. The molecule has 0 radical (unpaired) electrons. The predicted octanol–water partition coefficient (Wildman–Crippen LogP) is 6.31. The summed E-state index contributed by atoms with van der Waals surface area (Å²) >= 11 is 0. The van der Waals surface area contributed by atoms with Crippen LogP contribution in [0.2, 0.25) is 18.1 Å². The van der Waals surface area contributed by atoms with Gasteiger partial charge in [-0.2, -0.15) is 0 Å². The molecule has 3 heteroatoms. The van der Waals surface area contributed by atoms with E-state index in [1.54, 1.807) is 12.7 Å². The highest BCUT2D eigenvalue weighted by Crippen LogP contribution is 2.60. The van der Waals surface area contributed by atoms with Gasteiger partial charge in [-0.05, 0) is 79.4 Å². The molecule has 2 aliphatic rings. The third-order valence-corrected chi connectivity index (χ3v) is 12.0. The fourth-order valence-corrected chi connectivity index (χ4v) is 6.33. The van der Waals surface area contributed by atoms with E-state index in [4.69, 9.17) is 9.16 Å². The Hall–Kier alpha value is -0.803. The molecule has 140 valence electrons. The fourth-order valence-electron chi connectivity index (χ4n) is 4.91. The van der Waals surface area contributed by atoms with Crippen LogP contribution in [0.5, 0.6) is 5.75 Å². The van der Waals surface area contributed by atoms with E-state index in [1.165, 1.54) is 31.2 Å². The molecule has 2 aliphatic carbocycles. The molecule has 2 nitrogen and oxygen atoms in total. The molecule has 0 N–H and O–H groups in total. The molecule has 0 spiro atoms. The van der Waals surface area contributed by atoms with Gasteiger partial charge in [0.25, 0.3) is 0 Å². The number of fused-ring (bicyclic) bond motifs is 3. The van der Waals surface area contributed by atoms with Crippen LogP contribution in [0.25, 0.3) is 0 Å². The Balaban J connectivity index is 1.92. The van der Waals surface area contributed by atoms with Crippen molar-refractivity contribution in [1.29, 1.82) is 0 Å². The van der Waals surface area contributed by atoms with Crippen molar-refractivity contribution < 1.29 is 9.16 Å². The van der Waals surface area contributed by atoms with Gasteiger partial charge in [-0.3, -0.25) is 0 Å². The van der Waals surface area contributed by atoms with E-state index in [2.05, 4.69) is 59.0 Å². The Morgan fingerprint density at radius 1 is 1.20 bits per heavy atom. The normalized spacial score (nSPS) is 29.2. The lowest BCUT2D eigenvalue weighted by molar-refractivity contribution is 0.0363. The van der Waals surface area contributed by atoms with E-state index < -0.39 is 8.32 Å². The van der Waals surface area contributed by atoms with Crippen LogP contribution in [-0.4, -0.2) is 21.5 Å². The smallest absolute Gasteiger partial charge is 0.192 e. The summed E-state index contributed by atoms with van der Waals surface area (Å²) in [6.45, 7) is 14.3. The average molecular weight is 361 g/mol. The van der Waals surface area contributed by atoms with Crippen LogP contribution >= 0.6 is 0 Å². The molecular formula is C22H36O2Si. The van der Waals surface area contributed by atoms with E-state index in [0.717, 1.165) is 12.2 Å². The van der Waals surface area contributed by atoms with Crippen LogP contribution < -0.4 is 4.74 Å². The zero-order chi connectivity index (χ0) is 18.5. The third kappa shape index (κ3) is 3.08. The zero-order valence-corrected chi connectivity index (χ0v) is 18.2. The van der Waals surface area contributed by atoms with Crippen molar-refractivity contribution in [1.82, 2.24) is 0 Å². The molecule has 3 atom stereocenters. The van der Waals surface area contributed by atoms with Crippen molar-refractivity contribution in [2.24, 2.45) is 5.41 Å². The zero-order valence-electron chi connectivity index (χ0n) is 17.2. The Morgan fingerprint density at radius 2 is 1.92 bits per heavy atom. The lowest BCUT2D eigenvalue weighted by atomic mass is 9.63. The minimum atomic E-state index is -1.74. The van der Waals surface area contributed by atoms with Gasteiger partial charge in [0.2, 0.25) is 0 Å². The molecule has 1 aromatic rings. The molecule has 25 heavy (non-hydrogen) atoms. The van der Waals surface area contributed by atoms with Crippen molar-refractivity contribution in [3.05, 3.63) is 29.3 Å². The summed E-state index contributed by atoms with van der Waals surface area (Å²) in [5.74, 6) is 1.65. The molecule has 1 saturated carbocycles. The Labute approximate surface area is 155 Å². The second-order valence-corrected chi connectivity index (χ2v) is 14.4. The van der Waals surface area contributed by atoms with Gasteiger partial charge < -0.3 is 9.16 Å². The molecule has 0 heterocycles. The number of aryl methyl sites for hydroxylation is 1. The third-order valence-electron chi connectivity index (χ3n) is 7.54. The summed E-state index contributed by atoms with van der Waals surface area (Å²) in [7, 11) is 0.0276. The van der Waals surface area contributed by atoms with Gasteiger partial charge in [0.15, 0.2) is 8.32 Å². The number of rotatable bonds is 4. The molecule has 0 aromatic heterocycles. The second kappa shape index (κ2) is 6.42. The molecular weight excluding hydrogens is 324 g/mol. The van der Waals surface area contributed by atoms with Gasteiger partial charge in [-0.25, -0.2) is 0 Å². The van der Waals surface area contributed by atoms with E-state index in [-0.39, 0.29) is 5.04 Å². The van der Waals surface area contributed by atoms with Crippen LogP contribution in [0.1, 0.15) is 70.4 Å². The summed E-state index contributed by atoms with van der Waals surface area (Å²) in [4.78, 5) is 0. The maximum absolute atomic E-state index is 7.00. The maximum atomic E-state index is 7.00. The first-order valence-corrected chi connectivity index (χ1v) is 12.9. The van der Waals surface area contributed by atoms with Gasteiger partial charge in [-0.1, -0.05) is 33.8 Å². The minimum Gasteiger partial charge on any atom is -0.497 e. The van der Waals surface area contributed by atoms with E-state index in [0.29, 0.717) is 17.4 Å². The van der Waals surface area contributed by atoms with Crippen LogP contribution in [-0.2, 0) is 10.8 Å². The Bertz CT molecular complexity index is 631. The van der Waals surface area contributed by atoms with E-state index in [9.17, 15) is 0 Å². The first-order chi connectivity index (χ1) is 11.6. The average Bonchev–Trinajstić information content (AvgIpc) is 2.92. The highest BCUT2D eigenvalue weighted by atomic mass is 28.4. The van der Waals surface area contributed by atoms with Gasteiger partial charge in [0.05, 0.1) is 13.2 Å². The van der Waals surface area contributed by atoms with E-state index in [1.807, 2.05) is 0 Å². The van der Waals surface area contributed by atoms with Crippen molar-refractivity contribution >= 4 is 8.32 Å². The maximum Gasteiger partial charge on any atom is 0.192 e. The Kier molecular flexibility index (Phi) is 4.87. The Morgan fingerprint density at radius 3 is 2.52 bits per heavy atom. The number of methoxy groups -OCH3 is 1. The van der Waals surface area contributed by atoms with Crippen LogP contribution in [0, 0.1) is 5.41 Å². The number of benzene rings is 1. The van der Waals surface area contributed by atoms with Gasteiger partial charge in [0, 0.05) is 5.41 Å². The van der Waals surface area contributed by atoms with Crippen LogP contribution in [0.3, 0.4) is 0 Å². The summed E-state index contributed by atoms with van der Waals surface area (Å²) < 4.78 is 12.4. The predicted molar refractivity (Wildman–Crippen MR) is 108 cm³/mol. The molecule has 1 aromatic carbocycles. The van der Waals surface area contributed by atoms with Crippen molar-refractivity contribution in [3.63, 3.8) is 0 Å². The number of ether oxygens (including phenoxy) is 1. The summed E-state index contributed by atoms with van der Waals surface area (Å²) in [5.41, 5.74) is 3.40. The molecule has 1 fully saturated rings. The topological polar surface area (TPSA) is 18.5 Å². The van der Waals surface area contributed by atoms with Crippen molar-refractivity contribution in [2.75, 3.05) is 7.11 Å². The molecule has 0 unspecified atom stereocenters. The molecule has 3 rings (SSSR count). The van der Waals surface area contributed by atoms with Crippen LogP contribution in [0.4, 0.5) is 0 Å². The fraction of sp³-hybridized carbons (Fsp3) is 0.727. The SMILES string of the molecule is CC[C@]12CCc3cc(OC)ccc3[C@@H]1CC[C@H]2O[Si](C)(C)C(C)(C)C. The summed E-state index contributed by atoms with van der Waals surface area (Å²) in [6, 6.07) is 6.74. The number of hydrogen-bond acceptors (Lipinski definition) is 2. The van der Waals surface area contributed by atoms with Gasteiger partial charge >= 0.3 is 0 Å². The highest BCUT2D eigenvalue weighted by molar-refractivity contribution is 6.74. The highest BCUT2D eigenvalue weighted by Gasteiger charge is 2.54. The lowest BCUT2D eigenvalue weighted by Crippen LogP contribution is -2.49. The van der Waals surface area contributed by atoms with Crippen molar-refractivity contribution in [2.45, 2.75) is 90.0 Å². The van der Waals surface area contributed by atoms with E-state index >= 15 is 0 Å². The summed E-state index contributed by atoms with van der Waals surface area (Å²) in [5, 5.41) is 0.278. The standard InChI is InChI=1S/C22H36O2Si/c1-8-22-14-13-16-15-17(23-5)9-10-18(16)19(22)11-12-20(22)24-25(6,7)21(2,3)4/h9-10,15,19-20H,8,11-14H2,1-7H3/t19-,20+,22-/m0/s1. The van der Waals surface area contributed by atoms with Gasteiger partial charge in [-0.15, -0.1) is 0 Å². The molecule has 0 saturated heterocycles. The largest absolute Gasteiger partial charge is 0.497 e. The molecule has 0 amide bonds.